The monoisotopic (exact) mass is 457 g/mol. The van der Waals surface area contributed by atoms with Crippen LogP contribution >= 0.6 is 0 Å². The molecule has 2 aliphatic rings. The quantitative estimate of drug-likeness (QED) is 0.575. The van der Waals surface area contributed by atoms with Gasteiger partial charge in [0.05, 0.1) is 19.7 Å². The number of nitrogens with one attached hydrogen (secondary N) is 1. The molecule has 1 N–H and O–H groups in total. The van der Waals surface area contributed by atoms with Gasteiger partial charge in [-0.2, -0.15) is 4.98 Å². The maximum atomic E-state index is 12.7. The van der Waals surface area contributed by atoms with Crippen molar-refractivity contribution in [3.05, 3.63) is 12.1 Å². The van der Waals surface area contributed by atoms with Gasteiger partial charge in [0.1, 0.15) is 11.9 Å². The number of unbranched alkanes of at least 4 members (excludes halogenated alkanes) is 2. The molecular formula is C24H35N5O4. The standard InChI is InChI=1S/C24H35N5O4/c1-4-5-6-9-25-22-17-15-20(31-2)21(32-3)16-18(17)26-24(27-22)29-12-10-28(11-13-29)23(30)19-8-7-14-33-19/h15-16,19H,4-14H2,1-3H3,(H,25,26,27). The Labute approximate surface area is 195 Å². The Morgan fingerprint density at radius 2 is 1.88 bits per heavy atom. The van der Waals surface area contributed by atoms with Gasteiger partial charge in [-0.05, 0) is 25.3 Å². The molecule has 1 aromatic heterocycles. The average Bonchev–Trinajstić information content (AvgIpc) is 3.40. The minimum atomic E-state index is -0.269. The molecule has 4 rings (SSSR count). The fourth-order valence-corrected chi connectivity index (χ4v) is 4.40. The molecule has 1 aromatic carbocycles. The minimum absolute atomic E-state index is 0.113. The molecule has 1 amide bonds. The summed E-state index contributed by atoms with van der Waals surface area (Å²) in [5.74, 6) is 2.86. The van der Waals surface area contributed by atoms with Crippen LogP contribution in [0.3, 0.4) is 0 Å². The Morgan fingerprint density at radius 1 is 1.12 bits per heavy atom. The fraction of sp³-hybridized carbons (Fsp3) is 0.625. The van der Waals surface area contributed by atoms with Gasteiger partial charge in [-0.1, -0.05) is 19.8 Å². The largest absolute Gasteiger partial charge is 0.493 e. The van der Waals surface area contributed by atoms with Crippen molar-refractivity contribution in [3.8, 4) is 11.5 Å². The van der Waals surface area contributed by atoms with Crippen LogP contribution in [0, 0.1) is 0 Å². The van der Waals surface area contributed by atoms with Crippen molar-refractivity contribution in [3.63, 3.8) is 0 Å². The second-order valence-electron chi connectivity index (χ2n) is 8.54. The maximum absolute atomic E-state index is 12.7. The molecule has 0 bridgehead atoms. The summed E-state index contributed by atoms with van der Waals surface area (Å²) in [7, 11) is 3.25. The van der Waals surface area contributed by atoms with Gasteiger partial charge in [-0.25, -0.2) is 4.98 Å². The first kappa shape index (κ1) is 23.4. The second-order valence-corrected chi connectivity index (χ2v) is 8.54. The lowest BCUT2D eigenvalue weighted by Crippen LogP contribution is -2.51. The number of carbonyl (C=O) groups is 1. The smallest absolute Gasteiger partial charge is 0.251 e. The number of rotatable bonds is 9. The Morgan fingerprint density at radius 3 is 2.55 bits per heavy atom. The van der Waals surface area contributed by atoms with Crippen LogP contribution in [-0.4, -0.2) is 80.4 Å². The Balaban J connectivity index is 1.55. The molecule has 0 spiro atoms. The van der Waals surface area contributed by atoms with Crippen LogP contribution in [-0.2, 0) is 9.53 Å². The number of hydrogen-bond donors (Lipinski definition) is 1. The lowest BCUT2D eigenvalue weighted by Gasteiger charge is -2.36. The van der Waals surface area contributed by atoms with Gasteiger partial charge in [0.25, 0.3) is 5.91 Å². The number of benzene rings is 1. The van der Waals surface area contributed by atoms with Crippen LogP contribution in [0.5, 0.6) is 11.5 Å². The number of methoxy groups -OCH3 is 2. The summed E-state index contributed by atoms with van der Waals surface area (Å²) in [6.07, 6.45) is 4.93. The summed E-state index contributed by atoms with van der Waals surface area (Å²) in [6.45, 7) is 6.38. The van der Waals surface area contributed by atoms with E-state index in [1.54, 1.807) is 14.2 Å². The van der Waals surface area contributed by atoms with Crippen LogP contribution in [0.1, 0.15) is 39.0 Å². The lowest BCUT2D eigenvalue weighted by atomic mass is 10.2. The highest BCUT2D eigenvalue weighted by Crippen LogP contribution is 2.35. The van der Waals surface area contributed by atoms with E-state index in [1.165, 1.54) is 6.42 Å². The highest BCUT2D eigenvalue weighted by molar-refractivity contribution is 5.92. The molecule has 1 unspecified atom stereocenters. The highest BCUT2D eigenvalue weighted by Gasteiger charge is 2.31. The molecule has 180 valence electrons. The Hall–Kier alpha value is -2.81. The first-order chi connectivity index (χ1) is 16.1. The van der Waals surface area contributed by atoms with E-state index in [2.05, 4.69) is 17.1 Å². The third kappa shape index (κ3) is 5.24. The topological polar surface area (TPSA) is 89.1 Å². The molecule has 2 aromatic rings. The average molecular weight is 458 g/mol. The number of fused-ring (bicyclic) bond motifs is 1. The summed E-state index contributed by atoms with van der Waals surface area (Å²) in [6, 6.07) is 3.83. The number of hydrogen-bond acceptors (Lipinski definition) is 8. The molecule has 0 aliphatic carbocycles. The van der Waals surface area contributed by atoms with Crippen molar-refractivity contribution in [1.82, 2.24) is 14.9 Å². The number of piperazine rings is 1. The van der Waals surface area contributed by atoms with E-state index in [9.17, 15) is 4.79 Å². The zero-order valence-electron chi connectivity index (χ0n) is 19.9. The van der Waals surface area contributed by atoms with Crippen molar-refractivity contribution in [2.24, 2.45) is 0 Å². The fourth-order valence-electron chi connectivity index (χ4n) is 4.40. The normalized spacial score (nSPS) is 18.6. The summed E-state index contributed by atoms with van der Waals surface area (Å²) >= 11 is 0. The van der Waals surface area contributed by atoms with Gasteiger partial charge < -0.3 is 29.3 Å². The molecule has 2 fully saturated rings. The SMILES string of the molecule is CCCCCNc1nc(N2CCN(C(=O)C3CCCO3)CC2)nc2cc(OC)c(OC)cc12. The summed E-state index contributed by atoms with van der Waals surface area (Å²) in [5, 5.41) is 4.40. The third-order valence-electron chi connectivity index (χ3n) is 6.34. The molecular weight excluding hydrogens is 422 g/mol. The van der Waals surface area contributed by atoms with Crippen LogP contribution in [0.15, 0.2) is 12.1 Å². The number of carbonyl (C=O) groups excluding carboxylic acids is 1. The highest BCUT2D eigenvalue weighted by atomic mass is 16.5. The van der Waals surface area contributed by atoms with Gasteiger partial charge in [0.2, 0.25) is 5.95 Å². The first-order valence-corrected chi connectivity index (χ1v) is 12.0. The Kier molecular flexibility index (Phi) is 7.69. The minimum Gasteiger partial charge on any atom is -0.493 e. The summed E-state index contributed by atoms with van der Waals surface area (Å²) in [5.41, 5.74) is 0.800. The lowest BCUT2D eigenvalue weighted by molar-refractivity contribution is -0.141. The van der Waals surface area contributed by atoms with Crippen molar-refractivity contribution < 1.29 is 19.0 Å². The number of aromatic nitrogens is 2. The van der Waals surface area contributed by atoms with Crippen LogP contribution in [0.2, 0.25) is 0 Å². The van der Waals surface area contributed by atoms with Gasteiger partial charge in [0.15, 0.2) is 11.5 Å². The first-order valence-electron chi connectivity index (χ1n) is 12.0. The van der Waals surface area contributed by atoms with Gasteiger partial charge in [-0.3, -0.25) is 4.79 Å². The van der Waals surface area contributed by atoms with Crippen molar-refractivity contribution >= 4 is 28.6 Å². The van der Waals surface area contributed by atoms with Gasteiger partial charge in [-0.15, -0.1) is 0 Å². The van der Waals surface area contributed by atoms with E-state index < -0.39 is 0 Å². The summed E-state index contributed by atoms with van der Waals surface area (Å²) < 4.78 is 16.6. The molecule has 1 atom stereocenters. The van der Waals surface area contributed by atoms with E-state index in [1.807, 2.05) is 17.0 Å². The number of nitrogens with zero attached hydrogens (tertiary/aromatic N) is 4. The second kappa shape index (κ2) is 10.9. The number of ether oxygens (including phenoxy) is 3. The van der Waals surface area contributed by atoms with Crippen molar-refractivity contribution in [2.75, 3.05) is 63.8 Å². The van der Waals surface area contributed by atoms with Crippen LogP contribution in [0.25, 0.3) is 10.9 Å². The van der Waals surface area contributed by atoms with Gasteiger partial charge in [0, 0.05) is 50.8 Å². The van der Waals surface area contributed by atoms with Gasteiger partial charge >= 0.3 is 0 Å². The molecule has 9 heteroatoms. The van der Waals surface area contributed by atoms with E-state index in [-0.39, 0.29) is 12.0 Å². The molecule has 0 radical (unpaired) electrons. The number of anilines is 2. The molecule has 9 nitrogen and oxygen atoms in total. The third-order valence-corrected chi connectivity index (χ3v) is 6.34. The molecule has 33 heavy (non-hydrogen) atoms. The maximum Gasteiger partial charge on any atom is 0.251 e. The molecule has 0 saturated carbocycles. The molecule has 3 heterocycles. The van der Waals surface area contributed by atoms with E-state index in [4.69, 9.17) is 24.2 Å². The van der Waals surface area contributed by atoms with Crippen molar-refractivity contribution in [2.45, 2.75) is 45.1 Å². The summed E-state index contributed by atoms with van der Waals surface area (Å²) in [4.78, 5) is 26.5. The predicted octanol–water partition coefficient (Wildman–Crippen LogP) is 3.08. The van der Waals surface area contributed by atoms with E-state index in [0.717, 1.165) is 48.9 Å². The van der Waals surface area contributed by atoms with Crippen LogP contribution in [0.4, 0.5) is 11.8 Å². The Bertz CT molecular complexity index is 956. The van der Waals surface area contributed by atoms with Crippen LogP contribution < -0.4 is 19.7 Å². The van der Waals surface area contributed by atoms with Crippen molar-refractivity contribution in [1.29, 1.82) is 0 Å². The predicted molar refractivity (Wildman–Crippen MR) is 128 cm³/mol. The van der Waals surface area contributed by atoms with E-state index >= 15 is 0 Å². The van der Waals surface area contributed by atoms with E-state index in [0.29, 0.717) is 50.2 Å². The molecule has 2 saturated heterocycles. The number of amides is 1. The zero-order valence-corrected chi connectivity index (χ0v) is 19.9. The zero-order chi connectivity index (χ0) is 23.2. The molecule has 2 aliphatic heterocycles.